The first-order valence-electron chi connectivity index (χ1n) is 8.33. The summed E-state index contributed by atoms with van der Waals surface area (Å²) in [6.07, 6.45) is 13.0. The molecule has 0 amide bonds. The second kappa shape index (κ2) is 4.96. The van der Waals surface area contributed by atoms with Crippen LogP contribution in [0.15, 0.2) is 18.5 Å². The zero-order valence-electron chi connectivity index (χ0n) is 12.6. The molecule has 4 bridgehead atoms. The second-order valence-electron chi connectivity index (χ2n) is 7.78. The summed E-state index contributed by atoms with van der Waals surface area (Å²) in [6, 6.07) is 2.22. The van der Waals surface area contributed by atoms with Gasteiger partial charge in [0.05, 0.1) is 0 Å². The van der Waals surface area contributed by atoms with Gasteiger partial charge in [0.25, 0.3) is 0 Å². The molecule has 114 valence electrons. The summed E-state index contributed by atoms with van der Waals surface area (Å²) in [6.45, 7) is 0. The first kappa shape index (κ1) is 13.5. The number of nitrogens with zero attached hydrogens (tertiary/aromatic N) is 1. The Morgan fingerprint density at radius 2 is 1.81 bits per heavy atom. The molecule has 4 saturated carbocycles. The molecule has 5 rings (SSSR count). The normalized spacial score (nSPS) is 38.6. The Kier molecular flexibility index (Phi) is 3.19. The van der Waals surface area contributed by atoms with Gasteiger partial charge in [0.1, 0.15) is 0 Å². The molecule has 1 aromatic rings. The molecule has 0 spiro atoms. The van der Waals surface area contributed by atoms with Gasteiger partial charge in [-0.3, -0.25) is 16.3 Å². The number of nitrogens with two attached hydrogens (primary N) is 2. The summed E-state index contributed by atoms with van der Waals surface area (Å²) < 4.78 is 0. The van der Waals surface area contributed by atoms with Crippen LogP contribution in [0.1, 0.15) is 44.1 Å². The van der Waals surface area contributed by atoms with Crippen molar-refractivity contribution in [3.8, 4) is 0 Å². The van der Waals surface area contributed by atoms with Gasteiger partial charge in [-0.05, 0) is 79.7 Å². The number of hydrazine groups is 1. The van der Waals surface area contributed by atoms with E-state index in [0.29, 0.717) is 11.5 Å². The Hall–Kier alpha value is -1.13. The highest BCUT2D eigenvalue weighted by molar-refractivity contribution is 5.44. The molecule has 4 aliphatic rings. The average Bonchev–Trinajstić information content (AvgIpc) is 2.44. The molecule has 0 aliphatic heterocycles. The first-order chi connectivity index (χ1) is 10.2. The van der Waals surface area contributed by atoms with Crippen molar-refractivity contribution < 1.29 is 0 Å². The van der Waals surface area contributed by atoms with E-state index < -0.39 is 0 Å². The lowest BCUT2D eigenvalue weighted by Gasteiger charge is -2.59. The van der Waals surface area contributed by atoms with E-state index in [2.05, 4.69) is 10.4 Å². The monoisotopic (exact) mass is 286 g/mol. The Morgan fingerprint density at radius 1 is 1.19 bits per heavy atom. The maximum absolute atomic E-state index is 6.11. The van der Waals surface area contributed by atoms with Crippen molar-refractivity contribution in [2.45, 2.75) is 51.0 Å². The van der Waals surface area contributed by atoms with E-state index in [-0.39, 0.29) is 0 Å². The van der Waals surface area contributed by atoms with Crippen LogP contribution in [-0.2, 0) is 6.42 Å². The fraction of sp³-hybridized carbons (Fsp3) is 0.706. The Morgan fingerprint density at radius 3 is 2.33 bits per heavy atom. The van der Waals surface area contributed by atoms with Crippen LogP contribution in [0.4, 0.5) is 5.69 Å². The van der Waals surface area contributed by atoms with Crippen LogP contribution in [0.5, 0.6) is 0 Å². The number of pyridine rings is 1. The molecule has 0 radical (unpaired) electrons. The third-order valence-electron chi connectivity index (χ3n) is 6.39. The van der Waals surface area contributed by atoms with Gasteiger partial charge in [0.15, 0.2) is 0 Å². The maximum Gasteiger partial charge on any atom is 0.0378 e. The highest BCUT2D eigenvalue weighted by atomic mass is 15.2. The van der Waals surface area contributed by atoms with Crippen molar-refractivity contribution in [2.24, 2.45) is 29.0 Å². The quantitative estimate of drug-likeness (QED) is 0.586. The fourth-order valence-electron chi connectivity index (χ4n) is 5.89. The third-order valence-corrected chi connectivity index (χ3v) is 6.39. The van der Waals surface area contributed by atoms with Crippen LogP contribution in [0.25, 0.3) is 0 Å². The Bertz CT molecular complexity index is 492. The molecular formula is C17H26N4. The third kappa shape index (κ3) is 2.25. The van der Waals surface area contributed by atoms with Gasteiger partial charge in [0, 0.05) is 24.1 Å². The van der Waals surface area contributed by atoms with Gasteiger partial charge in [0.2, 0.25) is 0 Å². The predicted octanol–water partition coefficient (Wildman–Crippen LogP) is 2.25. The molecule has 4 heteroatoms. The van der Waals surface area contributed by atoms with Gasteiger partial charge < -0.3 is 5.73 Å². The molecule has 4 aliphatic carbocycles. The number of hydrogen-bond acceptors (Lipinski definition) is 4. The van der Waals surface area contributed by atoms with Crippen molar-refractivity contribution in [1.29, 1.82) is 0 Å². The molecule has 4 nitrogen and oxygen atoms in total. The highest BCUT2D eigenvalue weighted by Crippen LogP contribution is 2.61. The molecule has 1 aromatic heterocycles. The Labute approximate surface area is 126 Å². The van der Waals surface area contributed by atoms with Crippen LogP contribution in [0, 0.1) is 23.2 Å². The second-order valence-corrected chi connectivity index (χ2v) is 7.78. The average molecular weight is 286 g/mol. The minimum Gasteiger partial charge on any atom is -0.398 e. The lowest BCUT2D eigenvalue weighted by molar-refractivity contribution is -0.0737. The van der Waals surface area contributed by atoms with Gasteiger partial charge in [-0.15, -0.1) is 0 Å². The van der Waals surface area contributed by atoms with Crippen molar-refractivity contribution >= 4 is 5.69 Å². The van der Waals surface area contributed by atoms with E-state index in [4.69, 9.17) is 11.6 Å². The van der Waals surface area contributed by atoms with Gasteiger partial charge in [-0.1, -0.05) is 0 Å². The van der Waals surface area contributed by atoms with Gasteiger partial charge in [-0.2, -0.15) is 0 Å². The van der Waals surface area contributed by atoms with E-state index >= 15 is 0 Å². The summed E-state index contributed by atoms with van der Waals surface area (Å²) in [4.78, 5) is 4.23. The minimum atomic E-state index is 0.331. The summed E-state index contributed by atoms with van der Waals surface area (Å²) in [5, 5.41) is 0. The van der Waals surface area contributed by atoms with E-state index in [0.717, 1.165) is 35.4 Å². The predicted molar refractivity (Wildman–Crippen MR) is 84.1 cm³/mol. The summed E-state index contributed by atoms with van der Waals surface area (Å²) in [5.74, 6) is 8.81. The lowest BCUT2D eigenvalue weighted by atomic mass is 9.47. The van der Waals surface area contributed by atoms with Crippen LogP contribution in [-0.4, -0.2) is 11.0 Å². The largest absolute Gasteiger partial charge is 0.398 e. The van der Waals surface area contributed by atoms with Crippen LogP contribution < -0.4 is 17.0 Å². The summed E-state index contributed by atoms with van der Waals surface area (Å²) >= 11 is 0. The van der Waals surface area contributed by atoms with Crippen LogP contribution >= 0.6 is 0 Å². The van der Waals surface area contributed by atoms with Crippen LogP contribution in [0.2, 0.25) is 0 Å². The molecular weight excluding hydrogens is 260 g/mol. The van der Waals surface area contributed by atoms with E-state index in [1.807, 2.05) is 12.3 Å². The number of nitrogen functional groups attached to an aromatic ring is 1. The Balaban J connectivity index is 1.60. The van der Waals surface area contributed by atoms with Crippen LogP contribution in [0.3, 0.4) is 0 Å². The zero-order chi connectivity index (χ0) is 14.4. The van der Waals surface area contributed by atoms with E-state index in [9.17, 15) is 0 Å². The molecule has 0 saturated heterocycles. The molecule has 1 heterocycles. The molecule has 5 N–H and O–H groups in total. The number of rotatable bonds is 4. The van der Waals surface area contributed by atoms with E-state index in [1.165, 1.54) is 38.5 Å². The topological polar surface area (TPSA) is 77.0 Å². The smallest absolute Gasteiger partial charge is 0.0378 e. The van der Waals surface area contributed by atoms with Crippen molar-refractivity contribution in [3.05, 3.63) is 24.0 Å². The molecule has 1 unspecified atom stereocenters. The highest BCUT2D eigenvalue weighted by Gasteiger charge is 2.53. The number of aromatic nitrogens is 1. The maximum atomic E-state index is 6.11. The van der Waals surface area contributed by atoms with Crippen molar-refractivity contribution in [2.75, 3.05) is 5.73 Å². The number of anilines is 1. The summed E-state index contributed by atoms with van der Waals surface area (Å²) in [7, 11) is 0. The van der Waals surface area contributed by atoms with E-state index in [1.54, 1.807) is 6.20 Å². The SMILES string of the molecule is NNC(Cc1cnccc1N)C12CC3CC(CC(C3)C1)C2. The molecule has 1 atom stereocenters. The van der Waals surface area contributed by atoms with Crippen molar-refractivity contribution in [1.82, 2.24) is 10.4 Å². The molecule has 21 heavy (non-hydrogen) atoms. The standard InChI is InChI=1S/C17H26N4/c18-15-1-2-20-10-14(15)6-16(21-19)17-7-11-3-12(8-17)5-13(4-11)9-17/h1-2,10-13,16,21H,3-9,19H2,(H2,18,20). The van der Waals surface area contributed by atoms with Gasteiger partial charge >= 0.3 is 0 Å². The van der Waals surface area contributed by atoms with Crippen molar-refractivity contribution in [3.63, 3.8) is 0 Å². The number of nitrogens with one attached hydrogen (secondary N) is 1. The molecule has 4 fully saturated rings. The zero-order valence-corrected chi connectivity index (χ0v) is 12.6. The fourth-order valence-corrected chi connectivity index (χ4v) is 5.89. The lowest BCUT2D eigenvalue weighted by Crippen LogP contribution is -2.58. The molecule has 0 aromatic carbocycles. The summed E-state index contributed by atoms with van der Waals surface area (Å²) in [5.41, 5.74) is 11.6. The number of hydrogen-bond donors (Lipinski definition) is 3. The van der Waals surface area contributed by atoms with Gasteiger partial charge in [-0.25, -0.2) is 0 Å². The first-order valence-corrected chi connectivity index (χ1v) is 8.33. The minimum absolute atomic E-state index is 0.331.